The first-order chi connectivity index (χ1) is 10.2. The highest BCUT2D eigenvalue weighted by Crippen LogP contribution is 2.44. The van der Waals surface area contributed by atoms with Gasteiger partial charge in [-0.1, -0.05) is 0 Å². The van der Waals surface area contributed by atoms with Crippen molar-refractivity contribution < 1.29 is 13.2 Å². The van der Waals surface area contributed by atoms with Crippen molar-refractivity contribution in [3.8, 4) is 0 Å². The summed E-state index contributed by atoms with van der Waals surface area (Å²) in [6, 6.07) is -0.345. The molecule has 0 radical (unpaired) electrons. The minimum atomic E-state index is -2.65. The zero-order chi connectivity index (χ0) is 16.1. The second-order valence-corrected chi connectivity index (χ2v) is 7.11. The van der Waals surface area contributed by atoms with E-state index in [4.69, 9.17) is 11.6 Å². The Balaban J connectivity index is 1.78. The van der Waals surface area contributed by atoms with Gasteiger partial charge in [-0.2, -0.15) is 4.98 Å². The number of hydrogen-bond donors (Lipinski definition) is 1. The highest BCUT2D eigenvalue weighted by molar-refractivity contribution is 6.28. The SMILES string of the molecule is CC1(C)C[C@@H](Nc2nc(Cl)ncc2F)C[C@@H]2CC(F)(F)CN21. The Kier molecular flexibility index (Phi) is 3.76. The molecule has 0 aromatic carbocycles. The van der Waals surface area contributed by atoms with Gasteiger partial charge in [0.25, 0.3) is 5.92 Å². The first-order valence-corrected chi connectivity index (χ1v) is 7.63. The van der Waals surface area contributed by atoms with Crippen molar-refractivity contribution in [2.45, 2.75) is 56.7 Å². The third-order valence-electron chi connectivity index (χ3n) is 4.51. The zero-order valence-corrected chi connectivity index (χ0v) is 13.2. The Morgan fingerprint density at radius 2 is 2.09 bits per heavy atom. The number of halogens is 4. The van der Waals surface area contributed by atoms with Crippen LogP contribution in [0.3, 0.4) is 0 Å². The first kappa shape index (κ1) is 15.8. The molecule has 3 heterocycles. The van der Waals surface area contributed by atoms with Gasteiger partial charge in [0.05, 0.1) is 12.7 Å². The summed E-state index contributed by atoms with van der Waals surface area (Å²) in [7, 11) is 0. The third-order valence-corrected chi connectivity index (χ3v) is 4.69. The Bertz CT molecular complexity index is 581. The van der Waals surface area contributed by atoms with Gasteiger partial charge in [0.15, 0.2) is 11.6 Å². The fraction of sp³-hybridized carbons (Fsp3) is 0.714. The van der Waals surface area contributed by atoms with Crippen molar-refractivity contribution in [2.75, 3.05) is 11.9 Å². The molecule has 1 aromatic heterocycles. The van der Waals surface area contributed by atoms with Gasteiger partial charge < -0.3 is 5.32 Å². The smallest absolute Gasteiger partial charge is 0.262 e. The second kappa shape index (κ2) is 5.23. The number of nitrogens with one attached hydrogen (secondary N) is 1. The molecule has 22 heavy (non-hydrogen) atoms. The largest absolute Gasteiger partial charge is 0.365 e. The minimum Gasteiger partial charge on any atom is -0.365 e. The van der Waals surface area contributed by atoms with Crippen LogP contribution in [0.25, 0.3) is 0 Å². The number of anilines is 1. The molecule has 1 aromatic rings. The number of hydrogen-bond acceptors (Lipinski definition) is 4. The maximum atomic E-state index is 13.7. The normalized spacial score (nSPS) is 30.1. The highest BCUT2D eigenvalue weighted by Gasteiger charge is 2.53. The molecule has 8 heteroatoms. The van der Waals surface area contributed by atoms with Crippen LogP contribution in [0.1, 0.15) is 33.1 Å². The quantitative estimate of drug-likeness (QED) is 0.842. The van der Waals surface area contributed by atoms with Gasteiger partial charge in [-0.05, 0) is 38.3 Å². The average Bonchev–Trinajstić information content (AvgIpc) is 2.69. The lowest BCUT2D eigenvalue weighted by atomic mass is 9.84. The molecule has 0 unspecified atom stereocenters. The van der Waals surface area contributed by atoms with E-state index in [0.29, 0.717) is 12.8 Å². The summed E-state index contributed by atoms with van der Waals surface area (Å²) >= 11 is 5.68. The van der Waals surface area contributed by atoms with Crippen molar-refractivity contribution in [3.63, 3.8) is 0 Å². The van der Waals surface area contributed by atoms with Crippen molar-refractivity contribution in [1.82, 2.24) is 14.9 Å². The van der Waals surface area contributed by atoms with Crippen LogP contribution in [0.2, 0.25) is 5.28 Å². The van der Waals surface area contributed by atoms with Crippen LogP contribution in [-0.4, -0.2) is 45.0 Å². The summed E-state index contributed by atoms with van der Waals surface area (Å²) in [5, 5.41) is 2.96. The Morgan fingerprint density at radius 1 is 1.36 bits per heavy atom. The van der Waals surface area contributed by atoms with Crippen molar-refractivity contribution in [3.05, 3.63) is 17.3 Å². The number of fused-ring (bicyclic) bond motifs is 1. The van der Waals surface area contributed by atoms with E-state index in [9.17, 15) is 13.2 Å². The summed E-state index contributed by atoms with van der Waals surface area (Å²) in [5.74, 6) is -3.22. The molecular weight excluding hydrogens is 317 g/mol. The Morgan fingerprint density at radius 3 is 2.82 bits per heavy atom. The molecule has 4 nitrogen and oxygen atoms in total. The molecule has 0 saturated carbocycles. The number of rotatable bonds is 2. The summed E-state index contributed by atoms with van der Waals surface area (Å²) < 4.78 is 41.1. The monoisotopic (exact) mass is 334 g/mol. The van der Waals surface area contributed by atoms with Gasteiger partial charge >= 0.3 is 0 Å². The molecule has 0 amide bonds. The minimum absolute atomic E-state index is 0.0269. The molecule has 2 atom stereocenters. The molecule has 122 valence electrons. The number of piperidine rings is 1. The topological polar surface area (TPSA) is 41.1 Å². The number of aromatic nitrogens is 2. The van der Waals surface area contributed by atoms with Gasteiger partial charge in [-0.25, -0.2) is 18.2 Å². The van der Waals surface area contributed by atoms with Crippen LogP contribution in [0.15, 0.2) is 6.20 Å². The van der Waals surface area contributed by atoms with Gasteiger partial charge in [0, 0.05) is 24.0 Å². The summed E-state index contributed by atoms with van der Waals surface area (Å²) in [4.78, 5) is 9.27. The van der Waals surface area contributed by atoms with E-state index < -0.39 is 11.7 Å². The lowest BCUT2D eigenvalue weighted by molar-refractivity contribution is -0.00687. The van der Waals surface area contributed by atoms with Crippen LogP contribution < -0.4 is 5.32 Å². The van der Waals surface area contributed by atoms with E-state index in [1.54, 1.807) is 0 Å². The molecule has 2 saturated heterocycles. The van der Waals surface area contributed by atoms with Gasteiger partial charge in [0.1, 0.15) is 0 Å². The molecule has 0 spiro atoms. The predicted molar refractivity (Wildman–Crippen MR) is 77.8 cm³/mol. The van der Waals surface area contributed by atoms with Crippen LogP contribution in [0.5, 0.6) is 0 Å². The maximum absolute atomic E-state index is 13.7. The zero-order valence-electron chi connectivity index (χ0n) is 12.4. The summed E-state index contributed by atoms with van der Waals surface area (Å²) in [6.45, 7) is 3.68. The van der Waals surface area contributed by atoms with Crippen molar-refractivity contribution >= 4 is 17.4 Å². The molecule has 2 fully saturated rings. The van der Waals surface area contributed by atoms with E-state index >= 15 is 0 Å². The molecule has 0 aliphatic carbocycles. The standard InChI is InChI=1S/C14H18ClF3N4/c1-13(2)4-8(3-9-5-14(17,18)7-22(9)13)20-11-10(16)6-19-12(15)21-11/h6,8-9H,3-5,7H2,1-2H3,(H,19,20,21)/t8-,9+/m0/s1. The number of alkyl halides is 2. The maximum Gasteiger partial charge on any atom is 0.262 e. The second-order valence-electron chi connectivity index (χ2n) is 6.77. The molecule has 3 rings (SSSR count). The first-order valence-electron chi connectivity index (χ1n) is 7.25. The van der Waals surface area contributed by atoms with Gasteiger partial charge in [0.2, 0.25) is 5.28 Å². The summed E-state index contributed by atoms with van der Waals surface area (Å²) in [6.07, 6.45) is 2.00. The van der Waals surface area contributed by atoms with Crippen LogP contribution in [0.4, 0.5) is 19.0 Å². The lowest BCUT2D eigenvalue weighted by Crippen LogP contribution is -2.55. The van der Waals surface area contributed by atoms with Gasteiger partial charge in [-0.15, -0.1) is 0 Å². The van der Waals surface area contributed by atoms with E-state index in [1.807, 2.05) is 18.7 Å². The number of nitrogens with zero attached hydrogens (tertiary/aromatic N) is 3. The molecule has 2 aliphatic heterocycles. The van der Waals surface area contributed by atoms with Crippen LogP contribution >= 0.6 is 11.6 Å². The van der Waals surface area contributed by atoms with Crippen molar-refractivity contribution in [2.24, 2.45) is 0 Å². The molecular formula is C14H18ClF3N4. The fourth-order valence-electron chi connectivity index (χ4n) is 3.70. The Labute approximate surface area is 132 Å². The molecule has 2 aliphatic rings. The average molecular weight is 335 g/mol. The van der Waals surface area contributed by atoms with E-state index in [-0.39, 0.29) is 41.7 Å². The predicted octanol–water partition coefficient (Wildman–Crippen LogP) is 3.33. The van der Waals surface area contributed by atoms with Gasteiger partial charge in [-0.3, -0.25) is 4.90 Å². The fourth-order valence-corrected chi connectivity index (χ4v) is 3.83. The van der Waals surface area contributed by atoms with Crippen LogP contribution in [0, 0.1) is 5.82 Å². The lowest BCUT2D eigenvalue weighted by Gasteiger charge is -2.47. The van der Waals surface area contributed by atoms with E-state index in [2.05, 4.69) is 15.3 Å². The highest BCUT2D eigenvalue weighted by atomic mass is 35.5. The summed E-state index contributed by atoms with van der Waals surface area (Å²) in [5.41, 5.74) is -0.381. The van der Waals surface area contributed by atoms with Crippen molar-refractivity contribution in [1.29, 1.82) is 0 Å². The molecule has 0 bridgehead atoms. The third kappa shape index (κ3) is 3.01. The van der Waals surface area contributed by atoms with E-state index in [1.165, 1.54) is 0 Å². The van der Waals surface area contributed by atoms with Crippen LogP contribution in [-0.2, 0) is 0 Å². The Hall–Kier alpha value is -1.08. The molecule has 1 N–H and O–H groups in total. The van der Waals surface area contributed by atoms with E-state index in [0.717, 1.165) is 6.20 Å².